The molecule has 1 atom stereocenters. The van der Waals surface area contributed by atoms with Gasteiger partial charge in [-0.2, -0.15) is 0 Å². The fourth-order valence-electron chi connectivity index (χ4n) is 3.31. The summed E-state index contributed by atoms with van der Waals surface area (Å²) in [4.78, 5) is 16.6. The van der Waals surface area contributed by atoms with Gasteiger partial charge in [-0.25, -0.2) is 15.0 Å². The molecule has 2 N–H and O–H groups in total. The van der Waals surface area contributed by atoms with Crippen LogP contribution in [-0.2, 0) is 0 Å². The van der Waals surface area contributed by atoms with Crippen LogP contribution in [0.5, 0.6) is 0 Å². The minimum absolute atomic E-state index is 0.406. The number of benzene rings is 1. The Kier molecular flexibility index (Phi) is 4.59. The zero-order valence-corrected chi connectivity index (χ0v) is 15.1. The molecule has 1 unspecified atom stereocenters. The minimum atomic E-state index is 0.406. The SMILES string of the molecule is Cc1ccc(SCCN2CCC(n3cnc4c(N)ncnc43)C2)cc1. The first kappa shape index (κ1) is 16.4. The molecule has 1 aliphatic rings. The van der Waals surface area contributed by atoms with Crippen LogP contribution in [0.25, 0.3) is 11.2 Å². The Morgan fingerprint density at radius 3 is 2.88 bits per heavy atom. The Morgan fingerprint density at radius 2 is 2.04 bits per heavy atom. The van der Waals surface area contributed by atoms with Gasteiger partial charge in [-0.3, -0.25) is 0 Å². The Hall–Kier alpha value is -2.12. The number of thioether (sulfide) groups is 1. The Labute approximate surface area is 151 Å². The van der Waals surface area contributed by atoms with Gasteiger partial charge in [0, 0.05) is 30.3 Å². The number of nitrogen functional groups attached to an aromatic ring is 1. The first-order chi connectivity index (χ1) is 12.2. The summed E-state index contributed by atoms with van der Waals surface area (Å²) in [5.74, 6) is 1.56. The van der Waals surface area contributed by atoms with Crippen molar-refractivity contribution < 1.29 is 0 Å². The van der Waals surface area contributed by atoms with Crippen molar-refractivity contribution in [1.82, 2.24) is 24.4 Å². The summed E-state index contributed by atoms with van der Waals surface area (Å²) in [7, 11) is 0. The molecule has 130 valence electrons. The summed E-state index contributed by atoms with van der Waals surface area (Å²) in [6.07, 6.45) is 4.48. The lowest BCUT2D eigenvalue weighted by atomic mass is 10.2. The molecule has 0 amide bonds. The van der Waals surface area contributed by atoms with Crippen LogP contribution in [0, 0.1) is 6.92 Å². The van der Waals surface area contributed by atoms with E-state index in [0.717, 1.165) is 37.5 Å². The smallest absolute Gasteiger partial charge is 0.165 e. The third kappa shape index (κ3) is 3.48. The summed E-state index contributed by atoms with van der Waals surface area (Å²) in [5.41, 5.74) is 8.74. The van der Waals surface area contributed by atoms with Crippen LogP contribution in [0.2, 0.25) is 0 Å². The number of aryl methyl sites for hydroxylation is 1. The number of likely N-dealkylation sites (tertiary alicyclic amines) is 1. The lowest BCUT2D eigenvalue weighted by Gasteiger charge is -2.16. The van der Waals surface area contributed by atoms with Crippen LogP contribution in [0.4, 0.5) is 5.82 Å². The van der Waals surface area contributed by atoms with Gasteiger partial charge in [-0.1, -0.05) is 17.7 Å². The van der Waals surface area contributed by atoms with E-state index in [2.05, 4.69) is 55.6 Å². The fraction of sp³-hybridized carbons (Fsp3) is 0.389. The molecular weight excluding hydrogens is 332 g/mol. The molecule has 2 aromatic heterocycles. The van der Waals surface area contributed by atoms with Crippen molar-refractivity contribution in [2.24, 2.45) is 0 Å². The van der Waals surface area contributed by atoms with Crippen LogP contribution in [0.3, 0.4) is 0 Å². The normalized spacial score (nSPS) is 18.2. The first-order valence-electron chi connectivity index (χ1n) is 8.55. The number of imidazole rings is 1. The molecule has 1 aromatic carbocycles. The highest BCUT2D eigenvalue weighted by Crippen LogP contribution is 2.27. The van der Waals surface area contributed by atoms with E-state index in [4.69, 9.17) is 5.73 Å². The summed E-state index contributed by atoms with van der Waals surface area (Å²) >= 11 is 1.92. The highest BCUT2D eigenvalue weighted by Gasteiger charge is 2.25. The number of nitrogens with two attached hydrogens (primary N) is 1. The fourth-order valence-corrected chi connectivity index (χ4v) is 4.22. The molecule has 3 heterocycles. The lowest BCUT2D eigenvalue weighted by molar-refractivity contribution is 0.345. The van der Waals surface area contributed by atoms with E-state index in [-0.39, 0.29) is 0 Å². The number of hydrogen-bond donors (Lipinski definition) is 1. The van der Waals surface area contributed by atoms with Crippen LogP contribution in [-0.4, -0.2) is 49.8 Å². The van der Waals surface area contributed by atoms with Crippen LogP contribution in [0.15, 0.2) is 41.8 Å². The number of hydrogen-bond acceptors (Lipinski definition) is 6. The van der Waals surface area contributed by atoms with Crippen LogP contribution >= 0.6 is 11.8 Å². The van der Waals surface area contributed by atoms with Gasteiger partial charge in [0.25, 0.3) is 0 Å². The van der Waals surface area contributed by atoms with Gasteiger partial charge >= 0.3 is 0 Å². The molecule has 0 aliphatic carbocycles. The monoisotopic (exact) mass is 354 g/mol. The zero-order chi connectivity index (χ0) is 17.2. The third-order valence-electron chi connectivity index (χ3n) is 4.73. The van der Waals surface area contributed by atoms with Crippen molar-refractivity contribution in [1.29, 1.82) is 0 Å². The molecule has 1 aliphatic heterocycles. The van der Waals surface area contributed by atoms with Gasteiger partial charge < -0.3 is 15.2 Å². The topological polar surface area (TPSA) is 72.9 Å². The summed E-state index contributed by atoms with van der Waals surface area (Å²) in [6.45, 7) is 5.36. The number of nitrogens with zero attached hydrogens (tertiary/aromatic N) is 5. The largest absolute Gasteiger partial charge is 0.382 e. The highest BCUT2D eigenvalue weighted by molar-refractivity contribution is 7.99. The van der Waals surface area contributed by atoms with Crippen LogP contribution < -0.4 is 5.73 Å². The Balaban J connectivity index is 1.35. The lowest BCUT2D eigenvalue weighted by Crippen LogP contribution is -2.24. The molecule has 1 saturated heterocycles. The zero-order valence-electron chi connectivity index (χ0n) is 14.3. The maximum atomic E-state index is 5.89. The first-order valence-corrected chi connectivity index (χ1v) is 9.54. The van der Waals surface area contributed by atoms with E-state index in [1.165, 1.54) is 16.8 Å². The number of anilines is 1. The van der Waals surface area contributed by atoms with E-state index in [0.29, 0.717) is 17.4 Å². The van der Waals surface area contributed by atoms with Gasteiger partial charge in [-0.05, 0) is 25.5 Å². The van der Waals surface area contributed by atoms with Crippen molar-refractivity contribution in [2.45, 2.75) is 24.3 Å². The second-order valence-corrected chi connectivity index (χ2v) is 7.66. The van der Waals surface area contributed by atoms with Gasteiger partial charge in [0.1, 0.15) is 11.8 Å². The summed E-state index contributed by atoms with van der Waals surface area (Å²) in [5, 5.41) is 0. The van der Waals surface area contributed by atoms with Crippen molar-refractivity contribution in [3.05, 3.63) is 42.5 Å². The molecule has 0 saturated carbocycles. The molecule has 7 heteroatoms. The second-order valence-electron chi connectivity index (χ2n) is 6.49. The molecule has 1 fully saturated rings. The van der Waals surface area contributed by atoms with Gasteiger partial charge in [0.15, 0.2) is 11.5 Å². The second kappa shape index (κ2) is 7.01. The Bertz CT molecular complexity index is 860. The van der Waals surface area contributed by atoms with Gasteiger partial charge in [-0.15, -0.1) is 11.8 Å². The highest BCUT2D eigenvalue weighted by atomic mass is 32.2. The van der Waals surface area contributed by atoms with E-state index >= 15 is 0 Å². The van der Waals surface area contributed by atoms with Crippen molar-refractivity contribution >= 4 is 28.7 Å². The standard InChI is InChI=1S/C18H22N6S/c1-13-2-4-15(5-3-13)25-9-8-23-7-6-14(10-23)24-12-22-16-17(19)20-11-21-18(16)24/h2-5,11-12,14H,6-10H2,1H3,(H2,19,20,21). The Morgan fingerprint density at radius 1 is 1.20 bits per heavy atom. The van der Waals surface area contributed by atoms with Crippen molar-refractivity contribution in [3.8, 4) is 0 Å². The summed E-state index contributed by atoms with van der Waals surface area (Å²) in [6, 6.07) is 9.16. The maximum absolute atomic E-state index is 5.89. The van der Waals surface area contributed by atoms with Crippen molar-refractivity contribution in [3.63, 3.8) is 0 Å². The average molecular weight is 354 g/mol. The molecule has 0 bridgehead atoms. The molecule has 4 rings (SSSR count). The average Bonchev–Trinajstić information content (AvgIpc) is 3.24. The number of fused-ring (bicyclic) bond motifs is 1. The molecule has 3 aromatic rings. The predicted molar refractivity (Wildman–Crippen MR) is 102 cm³/mol. The van der Waals surface area contributed by atoms with Gasteiger partial charge in [0.2, 0.25) is 0 Å². The quantitative estimate of drug-likeness (QED) is 0.710. The molecule has 25 heavy (non-hydrogen) atoms. The van der Waals surface area contributed by atoms with Crippen molar-refractivity contribution in [2.75, 3.05) is 31.1 Å². The third-order valence-corrected chi connectivity index (χ3v) is 5.72. The molecular formula is C18H22N6S. The summed E-state index contributed by atoms with van der Waals surface area (Å²) < 4.78 is 2.15. The molecule has 0 radical (unpaired) electrons. The maximum Gasteiger partial charge on any atom is 0.165 e. The molecule has 6 nitrogen and oxygen atoms in total. The van der Waals surface area contributed by atoms with E-state index < -0.39 is 0 Å². The van der Waals surface area contributed by atoms with Crippen LogP contribution in [0.1, 0.15) is 18.0 Å². The number of aromatic nitrogens is 4. The van der Waals surface area contributed by atoms with Gasteiger partial charge in [0.05, 0.1) is 12.4 Å². The van der Waals surface area contributed by atoms with E-state index in [1.807, 2.05) is 18.1 Å². The van der Waals surface area contributed by atoms with E-state index in [1.54, 1.807) is 0 Å². The molecule has 0 spiro atoms. The number of rotatable bonds is 5. The minimum Gasteiger partial charge on any atom is -0.382 e. The predicted octanol–water partition coefficient (Wildman–Crippen LogP) is 2.76. The van der Waals surface area contributed by atoms with E-state index in [9.17, 15) is 0 Å².